The van der Waals surface area contributed by atoms with E-state index in [4.69, 9.17) is 4.74 Å². The molecule has 0 bridgehead atoms. The van der Waals surface area contributed by atoms with Crippen molar-refractivity contribution in [1.82, 2.24) is 4.90 Å². The molecule has 6 heteroatoms. The lowest BCUT2D eigenvalue weighted by atomic mass is 9.82. The number of carbonyl (C=O) groups is 1. The summed E-state index contributed by atoms with van der Waals surface area (Å²) >= 11 is 0. The minimum absolute atomic E-state index is 0.00201. The monoisotopic (exact) mass is 494 g/mol. The number of para-hydroxylation sites is 2. The second-order valence-electron chi connectivity index (χ2n) is 9.15. The van der Waals surface area contributed by atoms with Gasteiger partial charge < -0.3 is 24.7 Å². The van der Waals surface area contributed by atoms with Crippen molar-refractivity contribution in [3.05, 3.63) is 119 Å². The fourth-order valence-corrected chi connectivity index (χ4v) is 5.04. The van der Waals surface area contributed by atoms with Crippen molar-refractivity contribution >= 4 is 11.6 Å². The summed E-state index contributed by atoms with van der Waals surface area (Å²) in [4.78, 5) is 18.0. The Morgan fingerprint density at radius 3 is 1.86 bits per heavy atom. The summed E-state index contributed by atoms with van der Waals surface area (Å²) in [5, 5.41) is 19.7. The van der Waals surface area contributed by atoms with Gasteiger partial charge in [-0.3, -0.25) is 4.79 Å². The normalized spacial score (nSPS) is 13.6. The van der Waals surface area contributed by atoms with Gasteiger partial charge in [0.05, 0.1) is 12.8 Å². The fraction of sp³-hybridized carbons (Fsp3) is 0.194. The topological polar surface area (TPSA) is 73.2 Å². The van der Waals surface area contributed by atoms with Crippen LogP contribution in [-0.2, 0) is 0 Å². The van der Waals surface area contributed by atoms with Gasteiger partial charge in [0.2, 0.25) is 0 Å². The number of amides is 1. The van der Waals surface area contributed by atoms with E-state index in [9.17, 15) is 15.0 Å². The summed E-state index contributed by atoms with van der Waals surface area (Å²) in [5.41, 5.74) is 4.47. The lowest BCUT2D eigenvalue weighted by Gasteiger charge is -2.37. The van der Waals surface area contributed by atoms with Gasteiger partial charge in [0, 0.05) is 37.7 Å². The largest absolute Gasteiger partial charge is 0.508 e. The van der Waals surface area contributed by atoms with E-state index in [0.717, 1.165) is 28.1 Å². The number of phenols is 2. The second kappa shape index (κ2) is 10.7. The highest BCUT2D eigenvalue weighted by molar-refractivity contribution is 5.96. The molecular weight excluding hydrogens is 464 g/mol. The van der Waals surface area contributed by atoms with Crippen LogP contribution in [0, 0.1) is 0 Å². The van der Waals surface area contributed by atoms with Crippen molar-refractivity contribution in [3.63, 3.8) is 0 Å². The Hall–Kier alpha value is -4.45. The predicted molar refractivity (Wildman–Crippen MR) is 145 cm³/mol. The average molecular weight is 495 g/mol. The molecule has 37 heavy (non-hydrogen) atoms. The summed E-state index contributed by atoms with van der Waals surface area (Å²) in [6.45, 7) is 2.64. The van der Waals surface area contributed by atoms with Gasteiger partial charge in [0.15, 0.2) is 0 Å². The summed E-state index contributed by atoms with van der Waals surface area (Å²) in [6, 6.07) is 29.8. The van der Waals surface area contributed by atoms with Gasteiger partial charge in [-0.2, -0.15) is 0 Å². The van der Waals surface area contributed by atoms with Crippen LogP contribution >= 0.6 is 0 Å². The Morgan fingerprint density at radius 2 is 1.27 bits per heavy atom. The van der Waals surface area contributed by atoms with E-state index in [2.05, 4.69) is 4.90 Å². The van der Waals surface area contributed by atoms with Crippen LogP contribution in [0.25, 0.3) is 0 Å². The Morgan fingerprint density at radius 1 is 0.730 bits per heavy atom. The zero-order valence-corrected chi connectivity index (χ0v) is 20.7. The molecule has 4 aromatic carbocycles. The first-order valence-electron chi connectivity index (χ1n) is 12.4. The fourth-order valence-electron chi connectivity index (χ4n) is 5.04. The maximum Gasteiger partial charge on any atom is 0.254 e. The third-order valence-corrected chi connectivity index (χ3v) is 6.95. The van der Waals surface area contributed by atoms with Crippen molar-refractivity contribution in [2.45, 2.75) is 5.92 Å². The molecule has 0 radical (unpaired) electrons. The number of phenolic OH excluding ortho intramolecular Hbond substituents is 2. The molecule has 0 atom stereocenters. The van der Waals surface area contributed by atoms with E-state index >= 15 is 0 Å². The highest BCUT2D eigenvalue weighted by atomic mass is 16.5. The molecule has 5 rings (SSSR count). The van der Waals surface area contributed by atoms with E-state index in [0.29, 0.717) is 31.7 Å². The lowest BCUT2D eigenvalue weighted by molar-refractivity contribution is 0.0745. The summed E-state index contributed by atoms with van der Waals surface area (Å²) in [6.07, 6.45) is 0. The zero-order valence-electron chi connectivity index (χ0n) is 20.7. The molecule has 0 aromatic heterocycles. The minimum Gasteiger partial charge on any atom is -0.508 e. The lowest BCUT2D eigenvalue weighted by Crippen LogP contribution is -2.49. The molecule has 0 aliphatic carbocycles. The van der Waals surface area contributed by atoms with E-state index in [1.807, 2.05) is 77.7 Å². The summed E-state index contributed by atoms with van der Waals surface area (Å²) in [7, 11) is 1.67. The van der Waals surface area contributed by atoms with Gasteiger partial charge in [-0.05, 0) is 59.2 Å². The molecule has 1 heterocycles. The Labute approximate surface area is 217 Å². The van der Waals surface area contributed by atoms with E-state index in [-0.39, 0.29) is 23.3 Å². The average Bonchev–Trinajstić information content (AvgIpc) is 2.95. The maximum atomic E-state index is 13.9. The molecule has 0 saturated carbocycles. The number of benzene rings is 4. The van der Waals surface area contributed by atoms with Gasteiger partial charge in [0.25, 0.3) is 5.91 Å². The van der Waals surface area contributed by atoms with Crippen LogP contribution in [0.4, 0.5) is 5.69 Å². The predicted octanol–water partition coefficient (Wildman–Crippen LogP) is 5.25. The van der Waals surface area contributed by atoms with Crippen molar-refractivity contribution in [1.29, 1.82) is 0 Å². The quantitative estimate of drug-likeness (QED) is 0.358. The number of piperazine rings is 1. The van der Waals surface area contributed by atoms with E-state index < -0.39 is 0 Å². The van der Waals surface area contributed by atoms with Crippen molar-refractivity contribution < 1.29 is 19.7 Å². The molecule has 1 amide bonds. The third kappa shape index (κ3) is 5.09. The van der Waals surface area contributed by atoms with Crippen LogP contribution in [0.1, 0.15) is 33.0 Å². The van der Waals surface area contributed by atoms with Crippen LogP contribution in [0.3, 0.4) is 0 Å². The Bertz CT molecular complexity index is 1320. The first-order valence-corrected chi connectivity index (χ1v) is 12.4. The number of hydrogen-bond acceptors (Lipinski definition) is 5. The van der Waals surface area contributed by atoms with Crippen molar-refractivity contribution in [2.75, 3.05) is 38.2 Å². The van der Waals surface area contributed by atoms with Gasteiger partial charge in [-0.25, -0.2) is 0 Å². The van der Waals surface area contributed by atoms with Crippen LogP contribution < -0.4 is 9.64 Å². The summed E-state index contributed by atoms with van der Waals surface area (Å²) in [5.74, 6) is 0.961. The first kappa shape index (κ1) is 24.3. The molecule has 1 aliphatic rings. The minimum atomic E-state index is -0.240. The van der Waals surface area contributed by atoms with Gasteiger partial charge in [-0.15, -0.1) is 0 Å². The standard InChI is InChI=1S/C31H30N2O4/c1-37-29-9-5-4-8-28(29)32-18-20-33(21-19-32)31(36)27-7-3-2-6-26(27)30(22-10-14-24(34)15-11-22)23-12-16-25(35)17-13-23/h2-17,30,34-35H,18-21H2,1H3. The molecule has 2 N–H and O–H groups in total. The third-order valence-electron chi connectivity index (χ3n) is 6.95. The molecular formula is C31H30N2O4. The molecule has 188 valence electrons. The highest BCUT2D eigenvalue weighted by Gasteiger charge is 2.28. The SMILES string of the molecule is COc1ccccc1N1CCN(C(=O)c2ccccc2C(c2ccc(O)cc2)c2ccc(O)cc2)CC1. The number of hydrogen-bond donors (Lipinski definition) is 2. The Kier molecular flexibility index (Phi) is 6.99. The van der Waals surface area contributed by atoms with E-state index in [1.54, 1.807) is 31.4 Å². The highest BCUT2D eigenvalue weighted by Crippen LogP contribution is 2.36. The van der Waals surface area contributed by atoms with Crippen LogP contribution in [0.2, 0.25) is 0 Å². The molecule has 0 spiro atoms. The van der Waals surface area contributed by atoms with E-state index in [1.165, 1.54) is 0 Å². The molecule has 0 unspecified atom stereocenters. The number of anilines is 1. The number of aromatic hydroxyl groups is 2. The maximum absolute atomic E-state index is 13.9. The number of nitrogens with zero attached hydrogens (tertiary/aromatic N) is 2. The second-order valence-corrected chi connectivity index (χ2v) is 9.15. The van der Waals surface area contributed by atoms with Crippen LogP contribution in [0.5, 0.6) is 17.2 Å². The van der Waals surface area contributed by atoms with Gasteiger partial charge in [0.1, 0.15) is 17.2 Å². The number of methoxy groups -OCH3 is 1. The van der Waals surface area contributed by atoms with Crippen molar-refractivity contribution in [3.8, 4) is 17.2 Å². The molecule has 1 aliphatic heterocycles. The molecule has 1 fully saturated rings. The molecule has 1 saturated heterocycles. The van der Waals surface area contributed by atoms with Crippen molar-refractivity contribution in [2.24, 2.45) is 0 Å². The number of carbonyl (C=O) groups excluding carboxylic acids is 1. The number of rotatable bonds is 6. The molecule has 6 nitrogen and oxygen atoms in total. The van der Waals surface area contributed by atoms with Gasteiger partial charge in [-0.1, -0.05) is 54.6 Å². The van der Waals surface area contributed by atoms with Crippen LogP contribution in [0.15, 0.2) is 97.1 Å². The number of ether oxygens (including phenoxy) is 1. The van der Waals surface area contributed by atoms with Crippen LogP contribution in [-0.4, -0.2) is 54.3 Å². The Balaban J connectivity index is 1.44. The zero-order chi connectivity index (χ0) is 25.8. The smallest absolute Gasteiger partial charge is 0.254 e. The van der Waals surface area contributed by atoms with Gasteiger partial charge >= 0.3 is 0 Å². The first-order chi connectivity index (χ1) is 18.0. The molecule has 4 aromatic rings. The summed E-state index contributed by atoms with van der Waals surface area (Å²) < 4.78 is 5.53.